The summed E-state index contributed by atoms with van der Waals surface area (Å²) in [5, 5.41) is 7.69. The summed E-state index contributed by atoms with van der Waals surface area (Å²) in [6, 6.07) is 18.9. The van der Waals surface area contributed by atoms with Crippen LogP contribution in [0, 0.1) is 0 Å². The summed E-state index contributed by atoms with van der Waals surface area (Å²) in [4.78, 5) is 11.8. The number of carbonyl (C=O) groups is 1. The van der Waals surface area contributed by atoms with E-state index in [0.29, 0.717) is 6.42 Å². The molecule has 2 aromatic rings. The Hall–Kier alpha value is -1.98. The molecule has 22 heavy (non-hydrogen) atoms. The maximum absolute atomic E-state index is 13.0. The Morgan fingerprint density at radius 1 is 1.05 bits per heavy atom. The highest BCUT2D eigenvalue weighted by Gasteiger charge is 2.31. The molecule has 2 rings (SSSR count). The Labute approximate surface area is 132 Å². The van der Waals surface area contributed by atoms with E-state index in [1.807, 2.05) is 60.7 Å². The molecule has 1 amide bonds. The molecule has 116 valence electrons. The Morgan fingerprint density at radius 3 is 1.86 bits per heavy atom. The van der Waals surface area contributed by atoms with Gasteiger partial charge in [-0.1, -0.05) is 67.6 Å². The molecular weight excluding hydrogens is 298 g/mol. The third-order valence-electron chi connectivity index (χ3n) is 3.49. The molecular formula is C17H19NO3S. The SMILES string of the molecule is CCC(C(=O)NO)S(=O)C(c1ccccc1)c1ccccc1. The number of benzene rings is 2. The third kappa shape index (κ3) is 3.61. The standard InChI is InChI=1S/C17H19NO3S/c1-2-15(17(19)18-20)22(21)16(13-9-5-3-6-10-13)14-11-7-4-8-12-14/h3-12,15-16,20H,2H2,1H3,(H,18,19). The first kappa shape index (κ1) is 16.4. The van der Waals surface area contributed by atoms with Gasteiger partial charge in [-0.3, -0.25) is 14.2 Å². The molecule has 0 radical (unpaired) electrons. The van der Waals surface area contributed by atoms with E-state index in [4.69, 9.17) is 5.21 Å². The van der Waals surface area contributed by atoms with Gasteiger partial charge in [0.05, 0.1) is 5.25 Å². The van der Waals surface area contributed by atoms with Crippen LogP contribution < -0.4 is 5.48 Å². The topological polar surface area (TPSA) is 66.4 Å². The van der Waals surface area contributed by atoms with E-state index in [2.05, 4.69) is 0 Å². The highest BCUT2D eigenvalue weighted by Crippen LogP contribution is 2.31. The van der Waals surface area contributed by atoms with E-state index in [1.54, 1.807) is 12.4 Å². The fourth-order valence-corrected chi connectivity index (χ4v) is 4.18. The van der Waals surface area contributed by atoms with Crippen LogP contribution >= 0.6 is 0 Å². The minimum atomic E-state index is -1.50. The van der Waals surface area contributed by atoms with Gasteiger partial charge in [-0.05, 0) is 17.5 Å². The van der Waals surface area contributed by atoms with Crippen LogP contribution in [0.2, 0.25) is 0 Å². The Balaban J connectivity index is 2.45. The third-order valence-corrected chi connectivity index (χ3v) is 5.61. The van der Waals surface area contributed by atoms with Crippen molar-refractivity contribution in [1.82, 2.24) is 5.48 Å². The van der Waals surface area contributed by atoms with Crippen LogP contribution in [0.3, 0.4) is 0 Å². The van der Waals surface area contributed by atoms with Crippen molar-refractivity contribution in [3.05, 3.63) is 71.8 Å². The molecule has 2 atom stereocenters. The molecule has 5 heteroatoms. The van der Waals surface area contributed by atoms with Crippen LogP contribution in [0.5, 0.6) is 0 Å². The van der Waals surface area contributed by atoms with Crippen molar-refractivity contribution in [2.24, 2.45) is 0 Å². The molecule has 0 aliphatic rings. The van der Waals surface area contributed by atoms with Gasteiger partial charge in [0.15, 0.2) is 0 Å². The molecule has 0 aromatic heterocycles. The van der Waals surface area contributed by atoms with E-state index < -0.39 is 27.2 Å². The number of hydroxylamine groups is 1. The van der Waals surface area contributed by atoms with Gasteiger partial charge in [0.1, 0.15) is 5.25 Å². The van der Waals surface area contributed by atoms with Gasteiger partial charge in [-0.2, -0.15) is 0 Å². The molecule has 0 heterocycles. The maximum atomic E-state index is 13.0. The number of nitrogens with one attached hydrogen (secondary N) is 1. The van der Waals surface area contributed by atoms with Gasteiger partial charge in [0.25, 0.3) is 5.91 Å². The van der Waals surface area contributed by atoms with E-state index in [1.165, 1.54) is 0 Å². The van der Waals surface area contributed by atoms with Crippen molar-refractivity contribution in [2.75, 3.05) is 0 Å². The lowest BCUT2D eigenvalue weighted by atomic mass is 10.0. The van der Waals surface area contributed by atoms with Crippen molar-refractivity contribution >= 4 is 16.7 Å². The number of hydrogen-bond donors (Lipinski definition) is 2. The summed E-state index contributed by atoms with van der Waals surface area (Å²) in [6.45, 7) is 1.78. The molecule has 2 unspecified atom stereocenters. The fraction of sp³-hybridized carbons (Fsp3) is 0.235. The Morgan fingerprint density at radius 2 is 1.50 bits per heavy atom. The van der Waals surface area contributed by atoms with Gasteiger partial charge in [-0.25, -0.2) is 5.48 Å². The van der Waals surface area contributed by atoms with Crippen LogP contribution in [-0.2, 0) is 15.6 Å². The lowest BCUT2D eigenvalue weighted by molar-refractivity contribution is -0.128. The maximum Gasteiger partial charge on any atom is 0.259 e. The minimum Gasteiger partial charge on any atom is -0.289 e. The minimum absolute atomic E-state index is 0.384. The molecule has 0 aliphatic heterocycles. The van der Waals surface area contributed by atoms with E-state index in [0.717, 1.165) is 11.1 Å². The second-order valence-electron chi connectivity index (χ2n) is 4.90. The van der Waals surface area contributed by atoms with Crippen LogP contribution in [-0.4, -0.2) is 20.6 Å². The van der Waals surface area contributed by atoms with Crippen LogP contribution in [0.25, 0.3) is 0 Å². The first-order chi connectivity index (χ1) is 10.7. The normalized spacial score (nSPS) is 13.6. The summed E-state index contributed by atoms with van der Waals surface area (Å²) in [5.41, 5.74) is 3.39. The van der Waals surface area contributed by atoms with Crippen LogP contribution in [0.4, 0.5) is 0 Å². The summed E-state index contributed by atoms with van der Waals surface area (Å²) in [6.07, 6.45) is 0.384. The van der Waals surface area contributed by atoms with Crippen LogP contribution in [0.1, 0.15) is 29.7 Å². The predicted molar refractivity (Wildman–Crippen MR) is 86.9 cm³/mol. The summed E-state index contributed by atoms with van der Waals surface area (Å²) in [5.74, 6) is -0.613. The quantitative estimate of drug-likeness (QED) is 0.636. The van der Waals surface area contributed by atoms with Gasteiger partial charge in [0.2, 0.25) is 0 Å². The van der Waals surface area contributed by atoms with Gasteiger partial charge in [0, 0.05) is 10.8 Å². The zero-order valence-electron chi connectivity index (χ0n) is 12.3. The van der Waals surface area contributed by atoms with E-state index >= 15 is 0 Å². The van der Waals surface area contributed by atoms with Crippen molar-refractivity contribution < 1.29 is 14.2 Å². The Bertz CT molecular complexity index is 591. The molecule has 2 aromatic carbocycles. The molecule has 0 spiro atoms. The van der Waals surface area contributed by atoms with Crippen molar-refractivity contribution in [2.45, 2.75) is 23.8 Å². The number of carbonyl (C=O) groups excluding carboxylic acids is 1. The first-order valence-electron chi connectivity index (χ1n) is 7.12. The molecule has 0 bridgehead atoms. The summed E-state index contributed by atoms with van der Waals surface area (Å²) < 4.78 is 13.0. The van der Waals surface area contributed by atoms with Crippen molar-refractivity contribution in [3.8, 4) is 0 Å². The fourth-order valence-electron chi connectivity index (χ4n) is 2.41. The summed E-state index contributed by atoms with van der Waals surface area (Å²) in [7, 11) is -1.50. The molecule has 0 aliphatic carbocycles. The molecule has 0 saturated heterocycles. The number of amides is 1. The van der Waals surface area contributed by atoms with E-state index in [9.17, 15) is 9.00 Å². The highest BCUT2D eigenvalue weighted by molar-refractivity contribution is 7.86. The van der Waals surface area contributed by atoms with Crippen LogP contribution in [0.15, 0.2) is 60.7 Å². The zero-order valence-corrected chi connectivity index (χ0v) is 13.1. The predicted octanol–water partition coefficient (Wildman–Crippen LogP) is 2.81. The lowest BCUT2D eigenvalue weighted by Gasteiger charge is -2.22. The monoisotopic (exact) mass is 317 g/mol. The molecule has 0 fully saturated rings. The molecule has 2 N–H and O–H groups in total. The lowest BCUT2D eigenvalue weighted by Crippen LogP contribution is -2.37. The van der Waals surface area contributed by atoms with Gasteiger partial charge >= 0.3 is 0 Å². The average molecular weight is 317 g/mol. The van der Waals surface area contributed by atoms with Crippen molar-refractivity contribution in [1.29, 1.82) is 0 Å². The largest absolute Gasteiger partial charge is 0.289 e. The average Bonchev–Trinajstić information content (AvgIpc) is 2.57. The number of hydrogen-bond acceptors (Lipinski definition) is 3. The smallest absolute Gasteiger partial charge is 0.259 e. The Kier molecular flexibility index (Phi) is 5.86. The zero-order chi connectivity index (χ0) is 15.9. The molecule has 4 nitrogen and oxygen atoms in total. The second kappa shape index (κ2) is 7.87. The second-order valence-corrected chi connectivity index (χ2v) is 6.60. The molecule has 0 saturated carbocycles. The number of rotatable bonds is 6. The van der Waals surface area contributed by atoms with Gasteiger partial charge < -0.3 is 0 Å². The first-order valence-corrected chi connectivity index (χ1v) is 8.39. The van der Waals surface area contributed by atoms with E-state index in [-0.39, 0.29) is 0 Å². The highest BCUT2D eigenvalue weighted by atomic mass is 32.2. The van der Waals surface area contributed by atoms with Crippen molar-refractivity contribution in [3.63, 3.8) is 0 Å². The van der Waals surface area contributed by atoms with Gasteiger partial charge in [-0.15, -0.1) is 0 Å². The summed E-state index contributed by atoms with van der Waals surface area (Å²) >= 11 is 0.